The van der Waals surface area contributed by atoms with Gasteiger partial charge in [0.15, 0.2) is 5.17 Å². The van der Waals surface area contributed by atoms with Gasteiger partial charge in [0.05, 0.1) is 4.91 Å². The standard InChI is InChI=1S/C25H25FN4O3S2/c1-3-14-30-24(33)21(16-17-9-11-19(26)12-10-17)35-25(30)29-28-23(32)20(13-15-34-2)27-22(31)18-7-5-4-6-8-18/h3-12,16,20H,1,13-15H2,2H3,(H,27,31)(H,28,32)/b21-16+,29-25-. The lowest BCUT2D eigenvalue weighted by molar-refractivity contribution is -0.123. The third-order valence-corrected chi connectivity index (χ3v) is 6.55. The first-order valence-electron chi connectivity index (χ1n) is 10.7. The Hall–Kier alpha value is -3.37. The van der Waals surface area contributed by atoms with Crippen LogP contribution < -0.4 is 10.7 Å². The highest BCUT2D eigenvalue weighted by atomic mass is 32.2. The van der Waals surface area contributed by atoms with Gasteiger partial charge in [0.1, 0.15) is 11.9 Å². The summed E-state index contributed by atoms with van der Waals surface area (Å²) in [5, 5.41) is 7.20. The molecule has 3 rings (SSSR count). The van der Waals surface area contributed by atoms with Crippen molar-refractivity contribution in [3.63, 3.8) is 0 Å². The van der Waals surface area contributed by atoms with Crippen LogP contribution in [0.1, 0.15) is 22.3 Å². The first kappa shape index (κ1) is 26.2. The van der Waals surface area contributed by atoms with Crippen molar-refractivity contribution in [3.8, 4) is 0 Å². The van der Waals surface area contributed by atoms with Crippen LogP contribution in [0.15, 0.2) is 77.3 Å². The molecule has 1 heterocycles. The molecule has 2 aromatic carbocycles. The molecule has 1 saturated heterocycles. The molecule has 182 valence electrons. The second kappa shape index (κ2) is 12.9. The van der Waals surface area contributed by atoms with E-state index in [9.17, 15) is 18.8 Å². The number of nitrogens with one attached hydrogen (secondary N) is 2. The Balaban J connectivity index is 1.75. The largest absolute Gasteiger partial charge is 0.340 e. The van der Waals surface area contributed by atoms with Gasteiger partial charge in [-0.15, -0.1) is 11.7 Å². The number of carbonyl (C=O) groups is 3. The molecule has 0 saturated carbocycles. The maximum atomic E-state index is 13.2. The zero-order valence-corrected chi connectivity index (χ0v) is 20.7. The minimum atomic E-state index is -0.802. The summed E-state index contributed by atoms with van der Waals surface area (Å²) in [5.74, 6) is -0.861. The number of carbonyl (C=O) groups excluding carboxylic acids is 3. The van der Waals surface area contributed by atoms with Crippen molar-refractivity contribution in [1.82, 2.24) is 15.6 Å². The summed E-state index contributed by atoms with van der Waals surface area (Å²) in [4.78, 5) is 40.1. The molecular weight excluding hydrogens is 487 g/mol. The highest BCUT2D eigenvalue weighted by Gasteiger charge is 2.33. The van der Waals surface area contributed by atoms with Crippen molar-refractivity contribution >= 4 is 52.5 Å². The van der Waals surface area contributed by atoms with Crippen LogP contribution in [-0.4, -0.2) is 52.4 Å². The zero-order valence-electron chi connectivity index (χ0n) is 19.1. The molecule has 1 fully saturated rings. The maximum absolute atomic E-state index is 13.2. The maximum Gasteiger partial charge on any atom is 0.267 e. The molecule has 7 nitrogen and oxygen atoms in total. The van der Waals surface area contributed by atoms with E-state index in [1.54, 1.807) is 66.4 Å². The molecule has 1 aliphatic rings. The third kappa shape index (κ3) is 7.30. The number of amidine groups is 1. The van der Waals surface area contributed by atoms with Crippen molar-refractivity contribution in [2.75, 3.05) is 18.6 Å². The molecule has 1 atom stereocenters. The molecule has 1 aliphatic heterocycles. The van der Waals surface area contributed by atoms with Crippen LogP contribution in [0.25, 0.3) is 6.08 Å². The van der Waals surface area contributed by atoms with Crippen LogP contribution in [0.5, 0.6) is 0 Å². The van der Waals surface area contributed by atoms with Gasteiger partial charge in [-0.25, -0.2) is 9.82 Å². The quantitative estimate of drug-likeness (QED) is 0.287. The molecular formula is C25H25FN4O3S2. The monoisotopic (exact) mass is 512 g/mol. The van der Waals surface area contributed by atoms with Gasteiger partial charge >= 0.3 is 0 Å². The first-order chi connectivity index (χ1) is 16.9. The highest BCUT2D eigenvalue weighted by Crippen LogP contribution is 2.32. The van der Waals surface area contributed by atoms with Gasteiger partial charge in [-0.1, -0.05) is 36.4 Å². The van der Waals surface area contributed by atoms with Crippen molar-refractivity contribution in [2.45, 2.75) is 12.5 Å². The van der Waals surface area contributed by atoms with Gasteiger partial charge < -0.3 is 5.32 Å². The Labute approximate surface area is 211 Å². The average Bonchev–Trinajstić information content (AvgIpc) is 3.16. The summed E-state index contributed by atoms with van der Waals surface area (Å²) >= 11 is 2.64. The number of halogens is 1. The van der Waals surface area contributed by atoms with E-state index < -0.39 is 11.9 Å². The van der Waals surface area contributed by atoms with Crippen LogP contribution >= 0.6 is 23.5 Å². The van der Waals surface area contributed by atoms with Gasteiger partial charge in [0, 0.05) is 12.1 Å². The number of rotatable bonds is 10. The third-order valence-electron chi connectivity index (χ3n) is 4.90. The fraction of sp³-hybridized carbons (Fsp3) is 0.200. The predicted octanol–water partition coefficient (Wildman–Crippen LogP) is 3.87. The Morgan fingerprint density at radius 3 is 2.57 bits per heavy atom. The Bertz CT molecular complexity index is 1140. The normalized spacial score (nSPS) is 16.4. The predicted molar refractivity (Wildman–Crippen MR) is 140 cm³/mol. The van der Waals surface area contributed by atoms with Crippen molar-refractivity contribution < 1.29 is 18.8 Å². The van der Waals surface area contributed by atoms with E-state index in [1.807, 2.05) is 6.26 Å². The SMILES string of the molecule is C=CCN1C(=O)/C(=C\c2ccc(F)cc2)S/C1=N\NC(=O)C(CCSC)NC(=O)c1ccccc1. The topological polar surface area (TPSA) is 90.9 Å². The van der Waals surface area contributed by atoms with Gasteiger partial charge in [-0.3, -0.25) is 19.3 Å². The van der Waals surface area contributed by atoms with E-state index in [0.717, 1.165) is 11.8 Å². The molecule has 3 amide bonds. The van der Waals surface area contributed by atoms with Crippen molar-refractivity contribution in [1.29, 1.82) is 0 Å². The number of nitrogens with zero attached hydrogens (tertiary/aromatic N) is 2. The summed E-state index contributed by atoms with van der Waals surface area (Å²) in [7, 11) is 0. The van der Waals surface area contributed by atoms with Crippen molar-refractivity contribution in [2.24, 2.45) is 5.10 Å². The second-order valence-corrected chi connectivity index (χ2v) is 9.41. The van der Waals surface area contributed by atoms with E-state index in [-0.39, 0.29) is 29.3 Å². The van der Waals surface area contributed by atoms with Crippen LogP contribution in [0, 0.1) is 5.82 Å². The molecule has 35 heavy (non-hydrogen) atoms. The van der Waals surface area contributed by atoms with Crippen LogP contribution in [0.4, 0.5) is 4.39 Å². The van der Waals surface area contributed by atoms with E-state index in [0.29, 0.717) is 28.2 Å². The number of hydrogen-bond donors (Lipinski definition) is 2. The smallest absolute Gasteiger partial charge is 0.267 e. The lowest BCUT2D eigenvalue weighted by atomic mass is 10.1. The second-order valence-electron chi connectivity index (χ2n) is 7.41. The van der Waals surface area contributed by atoms with E-state index in [2.05, 4.69) is 22.4 Å². The number of benzene rings is 2. The molecule has 0 aliphatic carbocycles. The summed E-state index contributed by atoms with van der Waals surface area (Å²) < 4.78 is 13.2. The van der Waals surface area contributed by atoms with Gasteiger partial charge in [0.2, 0.25) is 0 Å². The van der Waals surface area contributed by atoms with Crippen LogP contribution in [-0.2, 0) is 9.59 Å². The highest BCUT2D eigenvalue weighted by molar-refractivity contribution is 8.18. The van der Waals surface area contributed by atoms with E-state index >= 15 is 0 Å². The molecule has 10 heteroatoms. The molecule has 2 aromatic rings. The molecule has 0 radical (unpaired) electrons. The fourth-order valence-corrected chi connectivity index (χ4v) is 4.53. The Morgan fingerprint density at radius 1 is 1.20 bits per heavy atom. The number of thioether (sulfide) groups is 2. The van der Waals surface area contributed by atoms with E-state index in [4.69, 9.17) is 0 Å². The lowest BCUT2D eigenvalue weighted by Gasteiger charge is -2.17. The molecule has 2 N–H and O–H groups in total. The van der Waals surface area contributed by atoms with Gasteiger partial charge in [0.25, 0.3) is 17.7 Å². The number of hydrazone groups is 1. The minimum Gasteiger partial charge on any atom is -0.340 e. The Morgan fingerprint density at radius 2 is 1.91 bits per heavy atom. The molecule has 0 bridgehead atoms. The Kier molecular flexibility index (Phi) is 9.68. The summed E-state index contributed by atoms with van der Waals surface area (Å²) in [6.07, 6.45) is 5.51. The van der Waals surface area contributed by atoms with Crippen molar-refractivity contribution in [3.05, 3.63) is 89.1 Å². The number of hydrogen-bond acceptors (Lipinski definition) is 6. The zero-order chi connectivity index (χ0) is 25.2. The molecule has 0 aromatic heterocycles. The molecule has 1 unspecified atom stereocenters. The van der Waals surface area contributed by atoms with Gasteiger partial charge in [-0.2, -0.15) is 11.8 Å². The van der Waals surface area contributed by atoms with E-state index in [1.165, 1.54) is 17.0 Å². The first-order valence-corrected chi connectivity index (χ1v) is 12.9. The van der Waals surface area contributed by atoms with Crippen LogP contribution in [0.3, 0.4) is 0 Å². The average molecular weight is 513 g/mol. The summed E-state index contributed by atoms with van der Waals surface area (Å²) in [6, 6.07) is 13.6. The fourth-order valence-electron chi connectivity index (χ4n) is 3.11. The molecule has 0 spiro atoms. The van der Waals surface area contributed by atoms with Gasteiger partial charge in [-0.05, 0) is 66.1 Å². The summed E-state index contributed by atoms with van der Waals surface area (Å²) in [6.45, 7) is 3.87. The lowest BCUT2D eigenvalue weighted by Crippen LogP contribution is -2.46. The minimum absolute atomic E-state index is 0.196. The number of amides is 3. The summed E-state index contributed by atoms with van der Waals surface area (Å²) in [5.41, 5.74) is 3.60. The van der Waals surface area contributed by atoms with Crippen LogP contribution in [0.2, 0.25) is 0 Å².